The molecule has 1 rings (SSSR count). The molecule has 0 aromatic heterocycles. The Morgan fingerprint density at radius 2 is 2.00 bits per heavy atom. The fourth-order valence-electron chi connectivity index (χ4n) is 1.54. The van der Waals surface area contributed by atoms with E-state index in [1.807, 2.05) is 6.20 Å². The summed E-state index contributed by atoms with van der Waals surface area (Å²) < 4.78 is 0. The Labute approximate surface area is 62.9 Å². The average molecular weight is 137 g/mol. The molecule has 0 saturated heterocycles. The molecule has 0 fully saturated rings. The third-order valence-corrected chi connectivity index (χ3v) is 2.64. The van der Waals surface area contributed by atoms with Gasteiger partial charge in [0.2, 0.25) is 0 Å². The van der Waals surface area contributed by atoms with Crippen LogP contribution in [0, 0.1) is 5.41 Å². The fourth-order valence-corrected chi connectivity index (χ4v) is 1.54. The lowest BCUT2D eigenvalue weighted by atomic mass is 9.79. The highest BCUT2D eigenvalue weighted by atomic mass is 14.8. The molecule has 0 radical (unpaired) electrons. The van der Waals surface area contributed by atoms with Gasteiger partial charge in [0.25, 0.3) is 0 Å². The lowest BCUT2D eigenvalue weighted by Gasteiger charge is -2.23. The van der Waals surface area contributed by atoms with Crippen LogP contribution in [0.15, 0.2) is 17.3 Å². The van der Waals surface area contributed by atoms with Gasteiger partial charge in [0.15, 0.2) is 0 Å². The zero-order valence-electron chi connectivity index (χ0n) is 7.02. The Balaban J connectivity index is 2.84. The molecule has 0 unspecified atom stereocenters. The van der Waals surface area contributed by atoms with Crippen molar-refractivity contribution in [3.63, 3.8) is 0 Å². The summed E-state index contributed by atoms with van der Waals surface area (Å²) in [5, 5.41) is 0. The van der Waals surface area contributed by atoms with E-state index in [1.54, 1.807) is 0 Å². The Kier molecular flexibility index (Phi) is 1.93. The number of allylic oxidation sites excluding steroid dienone is 1. The quantitative estimate of drug-likeness (QED) is 0.555. The molecule has 1 heterocycles. The molecule has 0 atom stereocenters. The predicted octanol–water partition coefficient (Wildman–Crippen LogP) is 2.78. The van der Waals surface area contributed by atoms with Gasteiger partial charge in [0, 0.05) is 17.3 Å². The number of hydrogen-bond acceptors (Lipinski definition) is 1. The Morgan fingerprint density at radius 3 is 2.20 bits per heavy atom. The molecule has 0 bridgehead atoms. The van der Waals surface area contributed by atoms with Crippen molar-refractivity contribution < 1.29 is 0 Å². The van der Waals surface area contributed by atoms with Gasteiger partial charge < -0.3 is 0 Å². The highest BCUT2D eigenvalue weighted by Gasteiger charge is 2.28. The summed E-state index contributed by atoms with van der Waals surface area (Å²) in [4.78, 5) is 4.27. The first-order valence-electron chi connectivity index (χ1n) is 3.98. The molecule has 0 saturated carbocycles. The molecule has 10 heavy (non-hydrogen) atoms. The van der Waals surface area contributed by atoms with Crippen LogP contribution in [-0.2, 0) is 0 Å². The normalized spacial score (nSPS) is 21.3. The molecule has 0 spiro atoms. The Morgan fingerprint density at radius 1 is 1.40 bits per heavy atom. The zero-order chi connectivity index (χ0) is 7.61. The van der Waals surface area contributed by atoms with Gasteiger partial charge in [-0.05, 0) is 19.8 Å². The van der Waals surface area contributed by atoms with Crippen LogP contribution in [0.25, 0.3) is 0 Å². The van der Waals surface area contributed by atoms with Gasteiger partial charge in [-0.15, -0.1) is 0 Å². The van der Waals surface area contributed by atoms with Crippen molar-refractivity contribution in [1.82, 2.24) is 0 Å². The molecule has 1 aliphatic heterocycles. The zero-order valence-corrected chi connectivity index (χ0v) is 7.02. The average Bonchev–Trinajstić information content (AvgIpc) is 2.32. The van der Waals surface area contributed by atoms with Crippen LogP contribution in [0.4, 0.5) is 0 Å². The fraction of sp³-hybridized carbons (Fsp3) is 0.667. The van der Waals surface area contributed by atoms with E-state index in [9.17, 15) is 0 Å². The maximum atomic E-state index is 4.27. The summed E-state index contributed by atoms with van der Waals surface area (Å²) in [6.45, 7) is 6.56. The minimum atomic E-state index is 0.306. The molecule has 0 N–H and O–H groups in total. The molecule has 1 heteroatoms. The van der Waals surface area contributed by atoms with Crippen molar-refractivity contribution in [1.29, 1.82) is 0 Å². The summed E-state index contributed by atoms with van der Waals surface area (Å²) >= 11 is 0. The van der Waals surface area contributed by atoms with Crippen LogP contribution in [0.3, 0.4) is 0 Å². The summed E-state index contributed by atoms with van der Waals surface area (Å²) in [5.74, 6) is 0. The summed E-state index contributed by atoms with van der Waals surface area (Å²) in [6.07, 6.45) is 6.51. The number of aliphatic imine (C=N–C) groups is 1. The van der Waals surface area contributed by atoms with Crippen LogP contribution in [0.5, 0.6) is 0 Å². The number of rotatable bonds is 2. The molecular weight excluding hydrogens is 122 g/mol. The van der Waals surface area contributed by atoms with Crippen LogP contribution in [-0.4, -0.2) is 5.71 Å². The smallest absolute Gasteiger partial charge is 0.0275 e. The van der Waals surface area contributed by atoms with E-state index in [4.69, 9.17) is 0 Å². The molecule has 1 nitrogen and oxygen atoms in total. The van der Waals surface area contributed by atoms with E-state index in [2.05, 4.69) is 31.8 Å². The maximum absolute atomic E-state index is 4.27. The molecule has 1 aliphatic rings. The van der Waals surface area contributed by atoms with Crippen molar-refractivity contribution in [3.05, 3.63) is 12.3 Å². The molecule has 0 aliphatic carbocycles. The second-order valence-corrected chi connectivity index (χ2v) is 2.89. The highest BCUT2D eigenvalue weighted by Crippen LogP contribution is 2.33. The molecule has 0 amide bonds. The SMILES string of the molecule is CCC1(CC)C=CN=C1C. The van der Waals surface area contributed by atoms with E-state index in [1.165, 1.54) is 18.6 Å². The first-order valence-corrected chi connectivity index (χ1v) is 3.98. The van der Waals surface area contributed by atoms with E-state index >= 15 is 0 Å². The summed E-state index contributed by atoms with van der Waals surface area (Å²) in [7, 11) is 0. The number of nitrogens with zero attached hydrogens (tertiary/aromatic N) is 1. The highest BCUT2D eigenvalue weighted by molar-refractivity contribution is 5.92. The van der Waals surface area contributed by atoms with Crippen LogP contribution in [0.2, 0.25) is 0 Å². The minimum absolute atomic E-state index is 0.306. The van der Waals surface area contributed by atoms with E-state index in [-0.39, 0.29) is 0 Å². The lowest BCUT2D eigenvalue weighted by molar-refractivity contribution is 0.499. The van der Waals surface area contributed by atoms with Gasteiger partial charge in [-0.3, -0.25) is 4.99 Å². The monoisotopic (exact) mass is 137 g/mol. The standard InChI is InChI=1S/C9H15N/c1-4-9(5-2)6-7-10-8(9)3/h6-7H,4-5H2,1-3H3. The van der Waals surface area contributed by atoms with Crippen LogP contribution < -0.4 is 0 Å². The lowest BCUT2D eigenvalue weighted by Crippen LogP contribution is -2.22. The van der Waals surface area contributed by atoms with E-state index in [0.29, 0.717) is 5.41 Å². The Hall–Kier alpha value is -0.590. The predicted molar refractivity (Wildman–Crippen MR) is 45.3 cm³/mol. The third-order valence-electron chi connectivity index (χ3n) is 2.64. The van der Waals surface area contributed by atoms with Crippen LogP contribution >= 0.6 is 0 Å². The van der Waals surface area contributed by atoms with Crippen molar-refractivity contribution in [2.75, 3.05) is 0 Å². The van der Waals surface area contributed by atoms with Gasteiger partial charge in [0.1, 0.15) is 0 Å². The summed E-state index contributed by atoms with van der Waals surface area (Å²) in [6, 6.07) is 0. The van der Waals surface area contributed by atoms with E-state index < -0.39 is 0 Å². The van der Waals surface area contributed by atoms with Crippen molar-refractivity contribution in [2.45, 2.75) is 33.6 Å². The van der Waals surface area contributed by atoms with Crippen molar-refractivity contribution in [3.8, 4) is 0 Å². The van der Waals surface area contributed by atoms with Crippen molar-refractivity contribution >= 4 is 5.71 Å². The first kappa shape index (κ1) is 7.52. The molecular formula is C9H15N. The van der Waals surface area contributed by atoms with Crippen molar-refractivity contribution in [2.24, 2.45) is 10.4 Å². The summed E-state index contributed by atoms with van der Waals surface area (Å²) in [5.41, 5.74) is 1.58. The maximum Gasteiger partial charge on any atom is 0.0275 e. The van der Waals surface area contributed by atoms with E-state index in [0.717, 1.165) is 0 Å². The topological polar surface area (TPSA) is 12.4 Å². The van der Waals surface area contributed by atoms with Gasteiger partial charge in [-0.2, -0.15) is 0 Å². The minimum Gasteiger partial charge on any atom is -0.265 e. The van der Waals surface area contributed by atoms with Gasteiger partial charge in [-0.1, -0.05) is 19.9 Å². The third kappa shape index (κ3) is 0.898. The second-order valence-electron chi connectivity index (χ2n) is 2.89. The molecule has 56 valence electrons. The molecule has 0 aromatic rings. The molecule has 0 aromatic carbocycles. The first-order chi connectivity index (χ1) is 4.75. The van der Waals surface area contributed by atoms with Gasteiger partial charge in [0.05, 0.1) is 0 Å². The van der Waals surface area contributed by atoms with Gasteiger partial charge in [-0.25, -0.2) is 0 Å². The Bertz CT molecular complexity index is 173. The van der Waals surface area contributed by atoms with Crippen LogP contribution in [0.1, 0.15) is 33.6 Å². The van der Waals surface area contributed by atoms with Gasteiger partial charge >= 0.3 is 0 Å². The number of hydrogen-bond donors (Lipinski definition) is 0. The second kappa shape index (κ2) is 2.57. The largest absolute Gasteiger partial charge is 0.265 e.